The van der Waals surface area contributed by atoms with Gasteiger partial charge in [0, 0.05) is 29.7 Å². The van der Waals surface area contributed by atoms with Crippen LogP contribution in [0, 0.1) is 13.8 Å². The maximum Gasteiger partial charge on any atom is 0.177 e. The number of nitrogens with zero attached hydrogens (tertiary/aromatic N) is 3. The number of nitrogen functional groups attached to an aromatic ring is 1. The third-order valence-electron chi connectivity index (χ3n) is 5.44. The zero-order valence-electron chi connectivity index (χ0n) is 15.4. The van der Waals surface area contributed by atoms with Crippen molar-refractivity contribution in [2.75, 3.05) is 11.1 Å². The molecular formula is C20H26N6. The van der Waals surface area contributed by atoms with E-state index in [4.69, 9.17) is 11.5 Å². The third-order valence-corrected chi connectivity index (χ3v) is 5.44. The van der Waals surface area contributed by atoms with Gasteiger partial charge in [-0.3, -0.25) is 0 Å². The summed E-state index contributed by atoms with van der Waals surface area (Å²) in [5.41, 5.74) is 18.8. The molecule has 4 rings (SSSR count). The lowest BCUT2D eigenvalue weighted by Gasteiger charge is -2.29. The summed E-state index contributed by atoms with van der Waals surface area (Å²) >= 11 is 0. The topological polar surface area (TPSA) is 94.3 Å². The SMILES string of the molecule is Cc1ccc(C)c(Nc2c(C3CCC(N)CC3)c(N)nn3ccnc23)c1. The van der Waals surface area contributed by atoms with E-state index in [0.717, 1.165) is 48.3 Å². The normalized spacial score (nSPS) is 20.4. The summed E-state index contributed by atoms with van der Waals surface area (Å²) in [6.07, 6.45) is 7.70. The van der Waals surface area contributed by atoms with Gasteiger partial charge in [-0.05, 0) is 62.6 Å². The van der Waals surface area contributed by atoms with Crippen LogP contribution in [-0.4, -0.2) is 20.6 Å². The Morgan fingerprint density at radius 3 is 2.69 bits per heavy atom. The Labute approximate surface area is 153 Å². The maximum atomic E-state index is 6.40. The van der Waals surface area contributed by atoms with Gasteiger partial charge in [0.2, 0.25) is 0 Å². The Hall–Kier alpha value is -2.60. The quantitative estimate of drug-likeness (QED) is 0.670. The van der Waals surface area contributed by atoms with Crippen molar-refractivity contribution in [1.29, 1.82) is 0 Å². The third kappa shape index (κ3) is 3.01. The number of hydrogen-bond acceptors (Lipinski definition) is 5. The minimum absolute atomic E-state index is 0.297. The lowest BCUT2D eigenvalue weighted by molar-refractivity contribution is 0.396. The van der Waals surface area contributed by atoms with E-state index in [1.165, 1.54) is 11.1 Å². The van der Waals surface area contributed by atoms with Crippen LogP contribution in [0.25, 0.3) is 5.65 Å². The molecule has 2 heterocycles. The van der Waals surface area contributed by atoms with Crippen molar-refractivity contribution in [2.24, 2.45) is 5.73 Å². The van der Waals surface area contributed by atoms with Crippen LogP contribution >= 0.6 is 0 Å². The van der Waals surface area contributed by atoms with Gasteiger partial charge in [0.1, 0.15) is 5.82 Å². The van der Waals surface area contributed by atoms with Gasteiger partial charge in [0.15, 0.2) is 5.65 Å². The van der Waals surface area contributed by atoms with Crippen molar-refractivity contribution >= 4 is 22.8 Å². The van der Waals surface area contributed by atoms with Gasteiger partial charge in [-0.2, -0.15) is 0 Å². The number of fused-ring (bicyclic) bond motifs is 1. The van der Waals surface area contributed by atoms with Gasteiger partial charge in [-0.25, -0.2) is 9.50 Å². The van der Waals surface area contributed by atoms with Crippen molar-refractivity contribution in [3.05, 3.63) is 47.3 Å². The molecule has 0 radical (unpaired) electrons. The first-order chi connectivity index (χ1) is 12.5. The number of anilines is 3. The molecule has 0 saturated heterocycles. The second kappa shape index (κ2) is 6.61. The first-order valence-corrected chi connectivity index (χ1v) is 9.25. The van der Waals surface area contributed by atoms with E-state index in [0.29, 0.717) is 17.8 Å². The van der Waals surface area contributed by atoms with E-state index in [1.807, 2.05) is 6.20 Å². The molecule has 0 amide bonds. The van der Waals surface area contributed by atoms with E-state index in [1.54, 1.807) is 10.7 Å². The summed E-state index contributed by atoms with van der Waals surface area (Å²) in [6.45, 7) is 4.20. The molecule has 136 valence electrons. The summed E-state index contributed by atoms with van der Waals surface area (Å²) in [5.74, 6) is 0.931. The summed E-state index contributed by atoms with van der Waals surface area (Å²) in [6, 6.07) is 6.71. The predicted octanol–water partition coefficient (Wildman–Crippen LogP) is 3.66. The summed E-state index contributed by atoms with van der Waals surface area (Å²) in [5, 5.41) is 8.16. The molecule has 0 aliphatic heterocycles. The molecule has 0 unspecified atom stereocenters. The Bertz CT molecular complexity index is 937. The van der Waals surface area contributed by atoms with E-state index in [9.17, 15) is 0 Å². The fraction of sp³-hybridized carbons (Fsp3) is 0.400. The van der Waals surface area contributed by atoms with Crippen molar-refractivity contribution in [1.82, 2.24) is 14.6 Å². The fourth-order valence-corrected chi connectivity index (χ4v) is 3.92. The van der Waals surface area contributed by atoms with E-state index < -0.39 is 0 Å². The van der Waals surface area contributed by atoms with E-state index >= 15 is 0 Å². The van der Waals surface area contributed by atoms with Crippen LogP contribution in [0.3, 0.4) is 0 Å². The average Bonchev–Trinajstić information content (AvgIpc) is 3.07. The van der Waals surface area contributed by atoms with Gasteiger partial charge in [0.05, 0.1) is 5.69 Å². The molecule has 1 aliphatic rings. The molecule has 0 bridgehead atoms. The van der Waals surface area contributed by atoms with Gasteiger partial charge < -0.3 is 16.8 Å². The molecule has 1 fully saturated rings. The number of imidazole rings is 1. The summed E-state index contributed by atoms with van der Waals surface area (Å²) in [4.78, 5) is 4.54. The number of rotatable bonds is 3. The van der Waals surface area contributed by atoms with Crippen molar-refractivity contribution in [3.63, 3.8) is 0 Å². The molecular weight excluding hydrogens is 324 g/mol. The Balaban J connectivity index is 1.84. The highest BCUT2D eigenvalue weighted by Crippen LogP contribution is 2.41. The predicted molar refractivity (Wildman–Crippen MR) is 106 cm³/mol. The number of hydrogen-bond donors (Lipinski definition) is 3. The zero-order chi connectivity index (χ0) is 18.3. The number of aromatic nitrogens is 3. The highest BCUT2D eigenvalue weighted by Gasteiger charge is 2.27. The van der Waals surface area contributed by atoms with Gasteiger partial charge in [-0.15, -0.1) is 5.10 Å². The first kappa shape index (κ1) is 16.8. The van der Waals surface area contributed by atoms with Crippen LogP contribution in [0.4, 0.5) is 17.2 Å². The number of nitrogens with one attached hydrogen (secondary N) is 1. The summed E-state index contributed by atoms with van der Waals surface area (Å²) in [7, 11) is 0. The van der Waals surface area contributed by atoms with Crippen molar-refractivity contribution < 1.29 is 0 Å². The van der Waals surface area contributed by atoms with Crippen LogP contribution in [0.2, 0.25) is 0 Å². The van der Waals surface area contributed by atoms with E-state index in [2.05, 4.69) is 47.4 Å². The highest BCUT2D eigenvalue weighted by atomic mass is 15.3. The molecule has 1 saturated carbocycles. The molecule has 3 aromatic rings. The van der Waals surface area contributed by atoms with Crippen LogP contribution in [0.5, 0.6) is 0 Å². The lowest BCUT2D eigenvalue weighted by atomic mass is 9.81. The lowest BCUT2D eigenvalue weighted by Crippen LogP contribution is -2.26. The molecule has 0 spiro atoms. The van der Waals surface area contributed by atoms with Gasteiger partial charge in [-0.1, -0.05) is 12.1 Å². The maximum absolute atomic E-state index is 6.40. The average molecular weight is 350 g/mol. The number of aryl methyl sites for hydroxylation is 2. The first-order valence-electron chi connectivity index (χ1n) is 9.25. The number of benzene rings is 1. The molecule has 5 N–H and O–H groups in total. The van der Waals surface area contributed by atoms with Crippen LogP contribution in [-0.2, 0) is 0 Å². The molecule has 0 atom stereocenters. The monoisotopic (exact) mass is 350 g/mol. The molecule has 1 aromatic carbocycles. The van der Waals surface area contributed by atoms with Crippen LogP contribution in [0.1, 0.15) is 48.3 Å². The van der Waals surface area contributed by atoms with Crippen LogP contribution in [0.15, 0.2) is 30.6 Å². The second-order valence-corrected chi connectivity index (χ2v) is 7.42. The Kier molecular flexibility index (Phi) is 4.28. The van der Waals surface area contributed by atoms with Crippen molar-refractivity contribution in [2.45, 2.75) is 51.5 Å². The highest BCUT2D eigenvalue weighted by molar-refractivity contribution is 5.81. The largest absolute Gasteiger partial charge is 0.382 e. The van der Waals surface area contributed by atoms with E-state index in [-0.39, 0.29) is 0 Å². The molecule has 6 heteroatoms. The molecule has 2 aromatic heterocycles. The Morgan fingerprint density at radius 2 is 1.92 bits per heavy atom. The minimum atomic E-state index is 0.297. The van der Waals surface area contributed by atoms with Crippen molar-refractivity contribution in [3.8, 4) is 0 Å². The van der Waals surface area contributed by atoms with Crippen LogP contribution < -0.4 is 16.8 Å². The second-order valence-electron chi connectivity index (χ2n) is 7.42. The molecule has 1 aliphatic carbocycles. The number of nitrogens with two attached hydrogens (primary N) is 2. The fourth-order valence-electron chi connectivity index (χ4n) is 3.92. The van der Waals surface area contributed by atoms with Gasteiger partial charge >= 0.3 is 0 Å². The zero-order valence-corrected chi connectivity index (χ0v) is 15.4. The summed E-state index contributed by atoms with van der Waals surface area (Å²) < 4.78 is 1.75. The van der Waals surface area contributed by atoms with Gasteiger partial charge in [0.25, 0.3) is 0 Å². The molecule has 6 nitrogen and oxygen atoms in total. The minimum Gasteiger partial charge on any atom is -0.382 e. The Morgan fingerprint density at radius 1 is 1.15 bits per heavy atom. The smallest absolute Gasteiger partial charge is 0.177 e. The standard InChI is InChI=1S/C20H26N6/c1-12-3-4-13(2)16(11-12)24-18-17(14-5-7-15(21)8-6-14)19(22)25-26-10-9-23-20(18)26/h3-4,9-11,14-15,24H,5-8,21H2,1-2H3,(H2,22,25). The molecule has 26 heavy (non-hydrogen) atoms.